The van der Waals surface area contributed by atoms with Gasteiger partial charge >= 0.3 is 12.2 Å². The van der Waals surface area contributed by atoms with Crippen LogP contribution in [0, 0.1) is 5.82 Å². The van der Waals surface area contributed by atoms with Gasteiger partial charge in [-0.3, -0.25) is 5.32 Å². The van der Waals surface area contributed by atoms with Gasteiger partial charge in [0.15, 0.2) is 5.82 Å². The van der Waals surface area contributed by atoms with Gasteiger partial charge in [0.2, 0.25) is 0 Å². The second-order valence-electron chi connectivity index (χ2n) is 4.51. The molecule has 2 N–H and O–H groups in total. The van der Waals surface area contributed by atoms with Gasteiger partial charge in [0, 0.05) is 6.07 Å². The molecule has 1 heterocycles. The largest absolute Gasteiger partial charge is 0.512 e. The number of hydrogen-bond acceptors (Lipinski definition) is 5. The molecule has 0 spiro atoms. The lowest BCUT2D eigenvalue weighted by Crippen LogP contribution is -2.27. The Morgan fingerprint density at radius 3 is 2.53 bits per heavy atom. The maximum Gasteiger partial charge on any atom is 0.512 e. The van der Waals surface area contributed by atoms with Gasteiger partial charge < -0.3 is 14.6 Å². The van der Waals surface area contributed by atoms with Crippen molar-refractivity contribution >= 4 is 17.9 Å². The third kappa shape index (κ3) is 5.19. The summed E-state index contributed by atoms with van der Waals surface area (Å²) in [4.78, 5) is 25.0. The standard InChI is InChI=1S/C11H13FN2O5/c1-11(2,3)19-9(15)14-6-4-7(12)8(13-5-6)18-10(16)17/h4-5H,1-3H3,(H,14,15)(H,16,17). The van der Waals surface area contributed by atoms with Crippen LogP contribution in [0.3, 0.4) is 0 Å². The first-order chi connectivity index (χ1) is 8.67. The van der Waals surface area contributed by atoms with Gasteiger partial charge in [-0.25, -0.2) is 19.0 Å². The normalized spacial score (nSPS) is 10.7. The second kappa shape index (κ2) is 5.51. The van der Waals surface area contributed by atoms with Crippen molar-refractivity contribution in [2.45, 2.75) is 26.4 Å². The van der Waals surface area contributed by atoms with Gasteiger partial charge in [0.25, 0.3) is 5.88 Å². The Bertz CT molecular complexity index is 498. The summed E-state index contributed by atoms with van der Waals surface area (Å²) in [5, 5.41) is 10.6. The summed E-state index contributed by atoms with van der Waals surface area (Å²) in [6.45, 7) is 5.03. The zero-order chi connectivity index (χ0) is 14.6. The van der Waals surface area contributed by atoms with E-state index >= 15 is 0 Å². The van der Waals surface area contributed by atoms with Crippen molar-refractivity contribution in [1.82, 2.24) is 4.98 Å². The SMILES string of the molecule is CC(C)(C)OC(=O)Nc1cnc(OC(=O)O)c(F)c1. The zero-order valence-corrected chi connectivity index (χ0v) is 10.6. The molecular weight excluding hydrogens is 259 g/mol. The maximum absolute atomic E-state index is 13.4. The molecule has 0 radical (unpaired) electrons. The Balaban J connectivity index is 2.73. The number of ether oxygens (including phenoxy) is 2. The maximum atomic E-state index is 13.4. The predicted octanol–water partition coefficient (Wildman–Crippen LogP) is 2.62. The first-order valence-electron chi connectivity index (χ1n) is 5.24. The monoisotopic (exact) mass is 272 g/mol. The molecule has 8 heteroatoms. The van der Waals surface area contributed by atoms with Gasteiger partial charge in [-0.1, -0.05) is 0 Å². The van der Waals surface area contributed by atoms with Crippen LogP contribution in [-0.4, -0.2) is 27.9 Å². The number of aromatic nitrogens is 1. The van der Waals surface area contributed by atoms with Gasteiger partial charge in [0.1, 0.15) is 5.60 Å². The van der Waals surface area contributed by atoms with E-state index in [-0.39, 0.29) is 5.69 Å². The van der Waals surface area contributed by atoms with E-state index in [0.717, 1.165) is 12.3 Å². The molecular formula is C11H13FN2O5. The average molecular weight is 272 g/mol. The molecule has 0 bridgehead atoms. The Hall–Kier alpha value is -2.38. The van der Waals surface area contributed by atoms with E-state index in [1.54, 1.807) is 20.8 Å². The topological polar surface area (TPSA) is 97.8 Å². The summed E-state index contributed by atoms with van der Waals surface area (Å²) in [5.41, 5.74) is -0.674. The Morgan fingerprint density at radius 1 is 1.42 bits per heavy atom. The number of nitrogens with one attached hydrogen (secondary N) is 1. The van der Waals surface area contributed by atoms with Crippen LogP contribution in [0.4, 0.5) is 19.7 Å². The summed E-state index contributed by atoms with van der Waals surface area (Å²) in [6, 6.07) is 0.870. The molecule has 0 aliphatic carbocycles. The molecule has 1 aromatic heterocycles. The lowest BCUT2D eigenvalue weighted by atomic mass is 10.2. The minimum Gasteiger partial charge on any atom is -0.449 e. The number of amides is 1. The molecule has 0 saturated heterocycles. The number of nitrogens with zero attached hydrogens (tertiary/aromatic N) is 1. The van der Waals surface area contributed by atoms with Gasteiger partial charge in [0.05, 0.1) is 11.9 Å². The number of rotatable bonds is 2. The molecule has 1 aromatic rings. The molecule has 0 unspecified atom stereocenters. The van der Waals surface area contributed by atoms with Crippen molar-refractivity contribution < 1.29 is 28.6 Å². The predicted molar refractivity (Wildman–Crippen MR) is 62.7 cm³/mol. The van der Waals surface area contributed by atoms with Crippen LogP contribution in [0.15, 0.2) is 12.3 Å². The number of carbonyl (C=O) groups excluding carboxylic acids is 1. The highest BCUT2D eigenvalue weighted by Gasteiger charge is 2.17. The van der Waals surface area contributed by atoms with E-state index in [9.17, 15) is 14.0 Å². The fourth-order valence-electron chi connectivity index (χ4n) is 1.07. The summed E-state index contributed by atoms with van der Waals surface area (Å²) in [5.74, 6) is -1.71. The molecule has 104 valence electrons. The molecule has 0 fully saturated rings. The highest BCUT2D eigenvalue weighted by Crippen LogP contribution is 2.18. The number of pyridine rings is 1. The molecule has 1 amide bonds. The summed E-state index contributed by atoms with van der Waals surface area (Å²) >= 11 is 0. The highest BCUT2D eigenvalue weighted by atomic mass is 19.1. The molecule has 0 aromatic carbocycles. The molecule has 0 aliphatic heterocycles. The van der Waals surface area contributed by atoms with E-state index in [0.29, 0.717) is 0 Å². The van der Waals surface area contributed by atoms with Crippen molar-refractivity contribution in [3.63, 3.8) is 0 Å². The molecule has 1 rings (SSSR count). The summed E-state index contributed by atoms with van der Waals surface area (Å²) < 4.78 is 22.4. The van der Waals surface area contributed by atoms with Crippen LogP contribution in [0.2, 0.25) is 0 Å². The molecule has 0 saturated carbocycles. The number of halogens is 1. The summed E-state index contributed by atoms with van der Waals surface area (Å²) in [6.07, 6.45) is -1.41. The smallest absolute Gasteiger partial charge is 0.449 e. The number of hydrogen-bond donors (Lipinski definition) is 2. The Morgan fingerprint density at radius 2 is 2.05 bits per heavy atom. The van der Waals surface area contributed by atoms with Crippen molar-refractivity contribution in [3.05, 3.63) is 18.1 Å². The van der Waals surface area contributed by atoms with E-state index in [2.05, 4.69) is 15.0 Å². The zero-order valence-electron chi connectivity index (χ0n) is 10.6. The Kier molecular flexibility index (Phi) is 4.26. The second-order valence-corrected chi connectivity index (χ2v) is 4.51. The lowest BCUT2D eigenvalue weighted by molar-refractivity contribution is 0.0635. The molecule has 19 heavy (non-hydrogen) atoms. The minimum absolute atomic E-state index is 0.0180. The van der Waals surface area contributed by atoms with Crippen LogP contribution in [0.5, 0.6) is 5.88 Å². The van der Waals surface area contributed by atoms with Crippen molar-refractivity contribution in [2.75, 3.05) is 5.32 Å². The van der Waals surface area contributed by atoms with Crippen molar-refractivity contribution in [1.29, 1.82) is 0 Å². The average Bonchev–Trinajstić information content (AvgIpc) is 2.18. The first kappa shape index (κ1) is 14.7. The third-order valence-electron chi connectivity index (χ3n) is 1.64. The first-order valence-corrected chi connectivity index (χ1v) is 5.24. The van der Waals surface area contributed by atoms with Crippen LogP contribution in [0.1, 0.15) is 20.8 Å². The van der Waals surface area contributed by atoms with Crippen LogP contribution in [-0.2, 0) is 4.74 Å². The van der Waals surface area contributed by atoms with Crippen molar-refractivity contribution in [3.8, 4) is 5.88 Å². The van der Waals surface area contributed by atoms with Crippen LogP contribution >= 0.6 is 0 Å². The van der Waals surface area contributed by atoms with E-state index < -0.39 is 29.5 Å². The van der Waals surface area contributed by atoms with Gasteiger partial charge in [-0.05, 0) is 20.8 Å². The van der Waals surface area contributed by atoms with E-state index in [1.165, 1.54) is 0 Å². The number of carboxylic acid groups (broad SMARTS) is 1. The molecule has 0 aliphatic rings. The summed E-state index contributed by atoms with van der Waals surface area (Å²) in [7, 11) is 0. The molecule has 7 nitrogen and oxygen atoms in total. The van der Waals surface area contributed by atoms with Crippen LogP contribution in [0.25, 0.3) is 0 Å². The quantitative estimate of drug-likeness (QED) is 0.803. The van der Waals surface area contributed by atoms with Gasteiger partial charge in [-0.15, -0.1) is 0 Å². The van der Waals surface area contributed by atoms with Crippen LogP contribution < -0.4 is 10.1 Å². The Labute approximate surface area is 108 Å². The highest BCUT2D eigenvalue weighted by molar-refractivity contribution is 5.84. The fourth-order valence-corrected chi connectivity index (χ4v) is 1.07. The van der Waals surface area contributed by atoms with Crippen molar-refractivity contribution in [2.24, 2.45) is 0 Å². The minimum atomic E-state index is -1.68. The molecule has 0 atom stereocenters. The van der Waals surface area contributed by atoms with Gasteiger partial charge in [-0.2, -0.15) is 0 Å². The lowest BCUT2D eigenvalue weighted by Gasteiger charge is -2.19. The number of carbonyl (C=O) groups is 2. The third-order valence-corrected chi connectivity index (χ3v) is 1.64. The number of anilines is 1. The fraction of sp³-hybridized carbons (Fsp3) is 0.364. The van der Waals surface area contributed by atoms with E-state index in [4.69, 9.17) is 9.84 Å². The van der Waals surface area contributed by atoms with E-state index in [1.807, 2.05) is 0 Å².